The summed E-state index contributed by atoms with van der Waals surface area (Å²) in [4.78, 5) is 28.9. The highest BCUT2D eigenvalue weighted by Gasteiger charge is 2.44. The van der Waals surface area contributed by atoms with Gasteiger partial charge in [-0.2, -0.15) is 0 Å². The predicted molar refractivity (Wildman–Crippen MR) is 140 cm³/mol. The standard InChI is InChI=1S/C29H29BrN2O4/c1-19-17-23(36-18-20-7-5-4-6-8-20)13-14-24(19)27(33)25-26(21-9-11-22(30)12-10-21)32(16-15-31(2)3)29(35)28(25)34/h4-14,17,26,33H,15-16,18H2,1-3H3/b27-25+. The minimum Gasteiger partial charge on any atom is -0.872 e. The molecule has 1 aliphatic rings. The molecule has 3 aromatic carbocycles. The fourth-order valence-electron chi connectivity index (χ4n) is 4.30. The number of nitrogens with zero attached hydrogens (tertiary/aromatic N) is 1. The second-order valence-electron chi connectivity index (χ2n) is 9.23. The van der Waals surface area contributed by atoms with Crippen LogP contribution in [-0.2, 0) is 16.2 Å². The Balaban J connectivity index is 1.70. The van der Waals surface area contributed by atoms with Crippen LogP contribution in [0.4, 0.5) is 0 Å². The first-order chi connectivity index (χ1) is 17.3. The van der Waals surface area contributed by atoms with Gasteiger partial charge in [0.05, 0.1) is 33.2 Å². The molecule has 3 aromatic rings. The summed E-state index contributed by atoms with van der Waals surface area (Å²) >= 11 is 3.43. The smallest absolute Gasteiger partial charge is 0.295 e. The number of hydrogen-bond donors (Lipinski definition) is 1. The average Bonchev–Trinajstić information content (AvgIpc) is 3.12. The normalized spacial score (nSPS) is 17.1. The van der Waals surface area contributed by atoms with Crippen molar-refractivity contribution in [2.75, 3.05) is 27.2 Å². The van der Waals surface area contributed by atoms with E-state index in [9.17, 15) is 14.7 Å². The van der Waals surface area contributed by atoms with Crippen molar-refractivity contribution in [3.05, 3.63) is 105 Å². The van der Waals surface area contributed by atoms with Crippen LogP contribution in [0.15, 0.2) is 82.8 Å². The molecule has 1 N–H and O–H groups in total. The first-order valence-corrected chi connectivity index (χ1v) is 12.6. The van der Waals surface area contributed by atoms with Crippen molar-refractivity contribution in [2.24, 2.45) is 0 Å². The van der Waals surface area contributed by atoms with Gasteiger partial charge in [0.25, 0.3) is 5.91 Å². The maximum atomic E-state index is 13.8. The van der Waals surface area contributed by atoms with Gasteiger partial charge in [-0.05, 0) is 53.4 Å². The molecule has 1 atom stereocenters. The summed E-state index contributed by atoms with van der Waals surface area (Å²) in [5, 5.41) is 13.8. The van der Waals surface area contributed by atoms with Crippen molar-refractivity contribution < 1.29 is 24.3 Å². The number of ether oxygens (including phenoxy) is 1. The molecular weight excluding hydrogens is 520 g/mol. The van der Waals surface area contributed by atoms with Crippen molar-refractivity contribution in [1.82, 2.24) is 4.90 Å². The van der Waals surface area contributed by atoms with Crippen LogP contribution in [-0.4, -0.2) is 43.8 Å². The molecule has 0 radical (unpaired) electrons. The van der Waals surface area contributed by atoms with Crippen molar-refractivity contribution in [2.45, 2.75) is 19.6 Å². The van der Waals surface area contributed by atoms with Gasteiger partial charge in [-0.15, -0.1) is 0 Å². The van der Waals surface area contributed by atoms with E-state index in [4.69, 9.17) is 4.74 Å². The SMILES string of the molecule is Cc1cc(OCc2ccccc2)ccc1/C([O-])=C1\C(=O)C(=O)N(CC[NH+](C)C)C1c1ccc(Br)cc1. The maximum absolute atomic E-state index is 13.8. The third-order valence-electron chi connectivity index (χ3n) is 6.26. The summed E-state index contributed by atoms with van der Waals surface area (Å²) in [6, 6.07) is 21.7. The van der Waals surface area contributed by atoms with Gasteiger partial charge >= 0.3 is 0 Å². The van der Waals surface area contributed by atoms with Crippen LogP contribution in [0.3, 0.4) is 0 Å². The second kappa shape index (κ2) is 11.1. The molecule has 0 bridgehead atoms. The molecule has 0 aliphatic carbocycles. The number of hydrogen-bond acceptors (Lipinski definition) is 4. The lowest BCUT2D eigenvalue weighted by atomic mass is 9.94. The van der Waals surface area contributed by atoms with Crippen molar-refractivity contribution in [3.8, 4) is 5.75 Å². The Morgan fingerprint density at radius 3 is 2.36 bits per heavy atom. The van der Waals surface area contributed by atoms with E-state index in [0.29, 0.717) is 36.6 Å². The first kappa shape index (κ1) is 25.7. The van der Waals surface area contributed by atoms with Gasteiger partial charge in [-0.3, -0.25) is 9.59 Å². The number of ketones is 1. The Morgan fingerprint density at radius 2 is 1.72 bits per heavy atom. The van der Waals surface area contributed by atoms with Crippen LogP contribution in [0.1, 0.15) is 28.3 Å². The van der Waals surface area contributed by atoms with Crippen molar-refractivity contribution in [1.29, 1.82) is 0 Å². The first-order valence-electron chi connectivity index (χ1n) is 11.8. The highest BCUT2D eigenvalue weighted by atomic mass is 79.9. The molecule has 7 heteroatoms. The molecule has 6 nitrogen and oxygen atoms in total. The molecule has 1 unspecified atom stereocenters. The van der Waals surface area contributed by atoms with E-state index in [1.165, 1.54) is 4.90 Å². The van der Waals surface area contributed by atoms with E-state index < -0.39 is 23.5 Å². The molecule has 1 saturated heterocycles. The third-order valence-corrected chi connectivity index (χ3v) is 6.79. The fourth-order valence-corrected chi connectivity index (χ4v) is 4.57. The summed E-state index contributed by atoms with van der Waals surface area (Å²) in [6.07, 6.45) is 0. The molecule has 1 amide bonds. The van der Waals surface area contributed by atoms with Crippen molar-refractivity contribution >= 4 is 33.4 Å². The van der Waals surface area contributed by atoms with Crippen LogP contribution < -0.4 is 14.7 Å². The quantitative estimate of drug-likeness (QED) is 0.267. The topological polar surface area (TPSA) is 74.1 Å². The molecule has 1 heterocycles. The summed E-state index contributed by atoms with van der Waals surface area (Å²) in [7, 11) is 3.97. The van der Waals surface area contributed by atoms with Crippen LogP contribution >= 0.6 is 15.9 Å². The molecule has 0 saturated carbocycles. The zero-order valence-electron chi connectivity index (χ0n) is 20.6. The molecule has 4 rings (SSSR count). The molecule has 36 heavy (non-hydrogen) atoms. The van der Waals surface area contributed by atoms with Crippen LogP contribution in [0.25, 0.3) is 5.76 Å². The number of nitrogens with one attached hydrogen (secondary N) is 1. The highest BCUT2D eigenvalue weighted by Crippen LogP contribution is 2.39. The minimum atomic E-state index is -0.731. The zero-order valence-corrected chi connectivity index (χ0v) is 22.2. The lowest BCUT2D eigenvalue weighted by molar-refractivity contribution is -0.857. The number of rotatable bonds is 8. The van der Waals surface area contributed by atoms with Crippen LogP contribution in [0, 0.1) is 6.92 Å². The van der Waals surface area contributed by atoms with Crippen LogP contribution in [0.5, 0.6) is 5.75 Å². The Morgan fingerprint density at radius 1 is 1.03 bits per heavy atom. The Bertz CT molecular complexity index is 1290. The van der Waals surface area contributed by atoms with Gasteiger partial charge in [-0.1, -0.05) is 70.2 Å². The van der Waals surface area contributed by atoms with Gasteiger partial charge < -0.3 is 19.6 Å². The Kier molecular flexibility index (Phi) is 7.91. The van der Waals surface area contributed by atoms with Gasteiger partial charge in [0, 0.05) is 10.0 Å². The van der Waals surface area contributed by atoms with Crippen molar-refractivity contribution in [3.63, 3.8) is 0 Å². The number of likely N-dealkylation sites (N-methyl/N-ethyl adjacent to an activating group) is 1. The number of benzene rings is 3. The number of carbonyl (C=O) groups excluding carboxylic acids is 2. The lowest BCUT2D eigenvalue weighted by Crippen LogP contribution is -3.06. The zero-order chi connectivity index (χ0) is 25.8. The predicted octanol–water partition coefficient (Wildman–Crippen LogP) is 2.71. The molecule has 1 aliphatic heterocycles. The summed E-state index contributed by atoms with van der Waals surface area (Å²) in [6.45, 7) is 3.24. The average molecular weight is 549 g/mol. The number of halogens is 1. The van der Waals surface area contributed by atoms with E-state index in [0.717, 1.165) is 20.5 Å². The fraction of sp³-hybridized carbons (Fsp3) is 0.241. The number of Topliss-reactive ketones (excluding diaryl/α,β-unsaturated/α-hetero) is 1. The third kappa shape index (κ3) is 5.53. The maximum Gasteiger partial charge on any atom is 0.295 e. The van der Waals surface area contributed by atoms with E-state index in [2.05, 4.69) is 15.9 Å². The van der Waals surface area contributed by atoms with E-state index >= 15 is 0 Å². The number of likely N-dealkylation sites (tertiary alicyclic amines) is 1. The largest absolute Gasteiger partial charge is 0.872 e. The second-order valence-corrected chi connectivity index (χ2v) is 10.1. The highest BCUT2D eigenvalue weighted by molar-refractivity contribution is 9.10. The molecule has 0 aromatic heterocycles. The van der Waals surface area contributed by atoms with Gasteiger partial charge in [-0.25, -0.2) is 0 Å². The molecule has 0 spiro atoms. The molecular formula is C29H29BrN2O4. The number of carbonyl (C=O) groups is 2. The summed E-state index contributed by atoms with van der Waals surface area (Å²) in [5.74, 6) is -1.15. The van der Waals surface area contributed by atoms with Gasteiger partial charge in [0.1, 0.15) is 12.4 Å². The summed E-state index contributed by atoms with van der Waals surface area (Å²) < 4.78 is 6.77. The number of amides is 1. The van der Waals surface area contributed by atoms with E-state index in [1.54, 1.807) is 18.2 Å². The van der Waals surface area contributed by atoms with E-state index in [-0.39, 0.29) is 5.57 Å². The van der Waals surface area contributed by atoms with Gasteiger partial charge in [0.15, 0.2) is 0 Å². The lowest BCUT2D eigenvalue weighted by Gasteiger charge is -2.28. The molecule has 186 valence electrons. The van der Waals surface area contributed by atoms with Crippen LogP contribution in [0.2, 0.25) is 0 Å². The minimum absolute atomic E-state index is 0.00266. The molecule has 1 fully saturated rings. The Labute approximate surface area is 219 Å². The summed E-state index contributed by atoms with van der Waals surface area (Å²) in [5.41, 5.74) is 2.84. The monoisotopic (exact) mass is 548 g/mol. The number of quaternary nitrogens is 1. The Hall–Kier alpha value is -3.42. The number of aryl methyl sites for hydroxylation is 1. The van der Waals surface area contributed by atoms with E-state index in [1.807, 2.05) is 75.6 Å². The van der Waals surface area contributed by atoms with Gasteiger partial charge in [0.2, 0.25) is 5.78 Å².